The zero-order chi connectivity index (χ0) is 18.1. The Morgan fingerprint density at radius 2 is 1.96 bits per heavy atom. The van der Waals surface area contributed by atoms with E-state index in [4.69, 9.17) is 9.47 Å². The van der Waals surface area contributed by atoms with Crippen LogP contribution in [0.5, 0.6) is 5.75 Å². The summed E-state index contributed by atoms with van der Waals surface area (Å²) in [5, 5.41) is 2.94. The molecule has 1 unspecified atom stereocenters. The summed E-state index contributed by atoms with van der Waals surface area (Å²) in [5.74, 6) is 1.47. The molecule has 2 aromatic carbocycles. The summed E-state index contributed by atoms with van der Waals surface area (Å²) in [5.41, 5.74) is 1.65. The molecule has 4 nitrogen and oxygen atoms in total. The number of carbonyl (C=O) groups is 1. The number of nitrogens with one attached hydrogen (secondary N) is 1. The number of carbonyl (C=O) groups excluding carboxylic acids is 1. The maximum absolute atomic E-state index is 12.4. The van der Waals surface area contributed by atoms with Crippen molar-refractivity contribution >= 4 is 17.7 Å². The van der Waals surface area contributed by atoms with Crippen molar-refractivity contribution in [2.45, 2.75) is 30.5 Å². The SMILES string of the molecule is CCOc1ccc(C(=O)NC(C)COC)cc1CSc1ccccc1. The molecule has 0 bridgehead atoms. The molecule has 1 N–H and O–H groups in total. The van der Waals surface area contributed by atoms with Crippen molar-refractivity contribution in [2.24, 2.45) is 0 Å². The van der Waals surface area contributed by atoms with Gasteiger partial charge in [-0.25, -0.2) is 0 Å². The molecule has 134 valence electrons. The Labute approximate surface area is 153 Å². The van der Waals surface area contributed by atoms with Gasteiger partial charge in [0.1, 0.15) is 5.75 Å². The molecule has 0 saturated heterocycles. The molecule has 0 heterocycles. The van der Waals surface area contributed by atoms with Crippen LogP contribution < -0.4 is 10.1 Å². The number of thioether (sulfide) groups is 1. The minimum absolute atomic E-state index is 0.0359. The average Bonchev–Trinajstić information content (AvgIpc) is 2.62. The van der Waals surface area contributed by atoms with Crippen LogP contribution in [0.1, 0.15) is 29.8 Å². The zero-order valence-electron chi connectivity index (χ0n) is 15.0. The molecular formula is C20H25NO3S. The van der Waals surface area contributed by atoms with Crippen molar-refractivity contribution in [3.05, 3.63) is 59.7 Å². The van der Waals surface area contributed by atoms with E-state index in [0.717, 1.165) is 17.1 Å². The lowest BCUT2D eigenvalue weighted by Crippen LogP contribution is -2.35. The fourth-order valence-electron chi connectivity index (χ4n) is 2.41. The first-order valence-electron chi connectivity index (χ1n) is 8.37. The smallest absolute Gasteiger partial charge is 0.251 e. The Hall–Kier alpha value is -1.98. The fraction of sp³-hybridized carbons (Fsp3) is 0.350. The van der Waals surface area contributed by atoms with Gasteiger partial charge in [-0.2, -0.15) is 0 Å². The second-order valence-electron chi connectivity index (χ2n) is 5.69. The number of hydrogen-bond donors (Lipinski definition) is 1. The number of amides is 1. The Balaban J connectivity index is 2.13. The van der Waals surface area contributed by atoms with E-state index in [1.165, 1.54) is 4.90 Å². The van der Waals surface area contributed by atoms with E-state index in [-0.39, 0.29) is 11.9 Å². The molecule has 5 heteroatoms. The van der Waals surface area contributed by atoms with E-state index in [2.05, 4.69) is 17.4 Å². The van der Waals surface area contributed by atoms with Crippen molar-refractivity contribution < 1.29 is 14.3 Å². The third-order valence-electron chi connectivity index (χ3n) is 3.55. The van der Waals surface area contributed by atoms with Crippen LogP contribution in [-0.2, 0) is 10.5 Å². The normalized spacial score (nSPS) is 11.8. The number of methoxy groups -OCH3 is 1. The van der Waals surface area contributed by atoms with Crippen LogP contribution >= 0.6 is 11.8 Å². The van der Waals surface area contributed by atoms with Gasteiger partial charge in [0.15, 0.2) is 0 Å². The standard InChI is InChI=1S/C20H25NO3S/c1-4-24-19-11-10-16(20(22)21-15(2)13-23-3)12-17(19)14-25-18-8-6-5-7-9-18/h5-12,15H,4,13-14H2,1-3H3,(H,21,22). The third-order valence-corrected chi connectivity index (χ3v) is 4.62. The van der Waals surface area contributed by atoms with Crippen molar-refractivity contribution in [3.8, 4) is 5.75 Å². The van der Waals surface area contributed by atoms with Gasteiger partial charge in [0.05, 0.1) is 13.2 Å². The lowest BCUT2D eigenvalue weighted by Gasteiger charge is -2.15. The van der Waals surface area contributed by atoms with Gasteiger partial charge in [-0.1, -0.05) is 18.2 Å². The number of rotatable bonds is 9. The van der Waals surface area contributed by atoms with Gasteiger partial charge in [0, 0.05) is 34.9 Å². The molecule has 1 amide bonds. The summed E-state index contributed by atoms with van der Waals surface area (Å²) in [6, 6.07) is 15.8. The Morgan fingerprint density at radius 1 is 1.20 bits per heavy atom. The highest BCUT2D eigenvalue weighted by atomic mass is 32.2. The predicted molar refractivity (Wildman–Crippen MR) is 102 cm³/mol. The van der Waals surface area contributed by atoms with Crippen LogP contribution in [0.4, 0.5) is 0 Å². The van der Waals surface area contributed by atoms with Crippen LogP contribution in [0.2, 0.25) is 0 Å². The highest BCUT2D eigenvalue weighted by molar-refractivity contribution is 7.98. The van der Waals surface area contributed by atoms with E-state index >= 15 is 0 Å². The third kappa shape index (κ3) is 6.11. The van der Waals surface area contributed by atoms with Gasteiger partial charge >= 0.3 is 0 Å². The first-order valence-corrected chi connectivity index (χ1v) is 9.36. The van der Waals surface area contributed by atoms with Gasteiger partial charge in [0.25, 0.3) is 5.91 Å². The summed E-state index contributed by atoms with van der Waals surface area (Å²) < 4.78 is 10.8. The summed E-state index contributed by atoms with van der Waals surface area (Å²) in [7, 11) is 1.62. The molecule has 0 aliphatic rings. The van der Waals surface area contributed by atoms with E-state index in [0.29, 0.717) is 18.8 Å². The molecule has 0 aromatic heterocycles. The lowest BCUT2D eigenvalue weighted by atomic mass is 10.1. The molecule has 25 heavy (non-hydrogen) atoms. The van der Waals surface area contributed by atoms with Crippen molar-refractivity contribution in [3.63, 3.8) is 0 Å². The van der Waals surface area contributed by atoms with Crippen LogP contribution in [0.15, 0.2) is 53.4 Å². The van der Waals surface area contributed by atoms with Gasteiger partial charge < -0.3 is 14.8 Å². The van der Waals surface area contributed by atoms with E-state index in [1.807, 2.05) is 44.2 Å². The monoisotopic (exact) mass is 359 g/mol. The van der Waals surface area contributed by atoms with Gasteiger partial charge in [-0.05, 0) is 44.2 Å². The summed E-state index contributed by atoms with van der Waals surface area (Å²) >= 11 is 1.72. The molecule has 0 aliphatic heterocycles. The average molecular weight is 359 g/mol. The second-order valence-corrected chi connectivity index (χ2v) is 6.74. The fourth-order valence-corrected chi connectivity index (χ4v) is 3.30. The Kier molecular flexibility index (Phi) is 7.82. The molecule has 0 radical (unpaired) electrons. The summed E-state index contributed by atoms with van der Waals surface area (Å²) in [4.78, 5) is 13.6. The van der Waals surface area contributed by atoms with Gasteiger partial charge in [-0.3, -0.25) is 4.79 Å². The first kappa shape index (κ1) is 19.3. The zero-order valence-corrected chi connectivity index (χ0v) is 15.8. The largest absolute Gasteiger partial charge is 0.494 e. The molecule has 0 spiro atoms. The van der Waals surface area contributed by atoms with Crippen molar-refractivity contribution in [1.82, 2.24) is 5.32 Å². The summed E-state index contributed by atoms with van der Waals surface area (Å²) in [6.07, 6.45) is 0. The second kappa shape index (κ2) is 10.1. The Bertz CT molecular complexity index is 676. The maximum atomic E-state index is 12.4. The van der Waals surface area contributed by atoms with Crippen LogP contribution in [-0.4, -0.2) is 32.3 Å². The van der Waals surface area contributed by atoms with Crippen molar-refractivity contribution in [1.29, 1.82) is 0 Å². The predicted octanol–water partition coefficient (Wildman–Crippen LogP) is 4.14. The molecule has 0 aliphatic carbocycles. The maximum Gasteiger partial charge on any atom is 0.251 e. The first-order chi connectivity index (χ1) is 12.1. The molecule has 0 saturated carbocycles. The number of ether oxygens (including phenoxy) is 2. The molecule has 1 atom stereocenters. The van der Waals surface area contributed by atoms with E-state index < -0.39 is 0 Å². The summed E-state index contributed by atoms with van der Waals surface area (Å²) in [6.45, 7) is 4.96. The van der Waals surface area contributed by atoms with Crippen LogP contribution in [0.3, 0.4) is 0 Å². The molecule has 0 fully saturated rings. The minimum atomic E-state index is -0.0986. The molecular weight excluding hydrogens is 334 g/mol. The highest BCUT2D eigenvalue weighted by Crippen LogP contribution is 2.29. The number of hydrogen-bond acceptors (Lipinski definition) is 4. The van der Waals surface area contributed by atoms with E-state index in [1.54, 1.807) is 24.9 Å². The minimum Gasteiger partial charge on any atom is -0.494 e. The topological polar surface area (TPSA) is 47.6 Å². The van der Waals surface area contributed by atoms with Gasteiger partial charge in [-0.15, -0.1) is 11.8 Å². The number of benzene rings is 2. The molecule has 2 aromatic rings. The van der Waals surface area contributed by atoms with Gasteiger partial charge in [0.2, 0.25) is 0 Å². The quantitative estimate of drug-likeness (QED) is 0.684. The van der Waals surface area contributed by atoms with Crippen LogP contribution in [0.25, 0.3) is 0 Å². The highest BCUT2D eigenvalue weighted by Gasteiger charge is 2.13. The lowest BCUT2D eigenvalue weighted by molar-refractivity contribution is 0.0905. The van der Waals surface area contributed by atoms with E-state index in [9.17, 15) is 4.79 Å². The Morgan fingerprint density at radius 3 is 2.64 bits per heavy atom. The van der Waals surface area contributed by atoms with Crippen molar-refractivity contribution in [2.75, 3.05) is 20.3 Å². The molecule has 2 rings (SSSR count). The van der Waals surface area contributed by atoms with Crippen LogP contribution in [0, 0.1) is 0 Å².